The highest BCUT2D eigenvalue weighted by atomic mass is 19.3. The van der Waals surface area contributed by atoms with Gasteiger partial charge in [0.2, 0.25) is 0 Å². The van der Waals surface area contributed by atoms with Crippen LogP contribution in [-0.2, 0) is 0 Å². The van der Waals surface area contributed by atoms with E-state index in [-0.39, 0.29) is 5.75 Å². The highest BCUT2D eigenvalue weighted by Crippen LogP contribution is 2.21. The molecule has 2 N–H and O–H groups in total. The van der Waals surface area contributed by atoms with E-state index in [0.717, 1.165) is 0 Å². The predicted molar refractivity (Wildman–Crippen MR) is 70.9 cm³/mol. The Balaban J connectivity index is 2.79. The molecule has 0 atom stereocenters. The van der Waals surface area contributed by atoms with Crippen LogP contribution in [-0.4, -0.2) is 28.8 Å². The number of amides is 1. The van der Waals surface area contributed by atoms with Gasteiger partial charge in [0.05, 0.1) is 11.1 Å². The molecule has 0 aliphatic heterocycles. The summed E-state index contributed by atoms with van der Waals surface area (Å²) in [6, 6.07) is 5.34. The lowest BCUT2D eigenvalue weighted by molar-refractivity contribution is -0.0498. The van der Waals surface area contributed by atoms with Crippen molar-refractivity contribution in [3.05, 3.63) is 29.8 Å². The molecule has 112 valence electrons. The SMILES string of the molecule is CC(C)(O)C(C)(C)NC(=O)c1ccc(OC(F)F)cc1. The second-order valence-electron chi connectivity index (χ2n) is 5.54. The topological polar surface area (TPSA) is 58.6 Å². The summed E-state index contributed by atoms with van der Waals surface area (Å²) in [5.41, 5.74) is -1.66. The second-order valence-corrected chi connectivity index (χ2v) is 5.54. The summed E-state index contributed by atoms with van der Waals surface area (Å²) in [7, 11) is 0. The van der Waals surface area contributed by atoms with Gasteiger partial charge in [-0.2, -0.15) is 8.78 Å². The van der Waals surface area contributed by atoms with E-state index in [0.29, 0.717) is 5.56 Å². The van der Waals surface area contributed by atoms with Gasteiger partial charge in [-0.1, -0.05) is 0 Å². The van der Waals surface area contributed by atoms with Gasteiger partial charge in [0.25, 0.3) is 5.91 Å². The van der Waals surface area contributed by atoms with Crippen LogP contribution in [0.2, 0.25) is 0 Å². The minimum atomic E-state index is -2.90. The third kappa shape index (κ3) is 4.16. The summed E-state index contributed by atoms with van der Waals surface area (Å²) in [6.45, 7) is 3.67. The monoisotopic (exact) mass is 287 g/mol. The molecule has 0 fully saturated rings. The predicted octanol–water partition coefficient (Wildman–Crippen LogP) is 2.57. The number of rotatable bonds is 5. The Bertz CT molecular complexity index is 464. The van der Waals surface area contributed by atoms with Gasteiger partial charge >= 0.3 is 6.61 Å². The first-order chi connectivity index (χ1) is 9.03. The van der Waals surface area contributed by atoms with Crippen molar-refractivity contribution < 1.29 is 23.4 Å². The number of carbonyl (C=O) groups is 1. The number of hydrogen-bond donors (Lipinski definition) is 2. The van der Waals surface area contributed by atoms with Gasteiger partial charge in [0.1, 0.15) is 5.75 Å². The molecule has 0 aliphatic rings. The maximum Gasteiger partial charge on any atom is 0.387 e. The molecule has 0 bridgehead atoms. The first-order valence-electron chi connectivity index (χ1n) is 6.13. The van der Waals surface area contributed by atoms with Gasteiger partial charge < -0.3 is 15.2 Å². The third-order valence-electron chi connectivity index (χ3n) is 3.30. The molecule has 1 rings (SSSR count). The van der Waals surface area contributed by atoms with E-state index in [1.54, 1.807) is 27.7 Å². The van der Waals surface area contributed by atoms with E-state index in [4.69, 9.17) is 0 Å². The van der Waals surface area contributed by atoms with E-state index in [1.165, 1.54) is 24.3 Å². The van der Waals surface area contributed by atoms with E-state index in [2.05, 4.69) is 10.1 Å². The van der Waals surface area contributed by atoms with Crippen LogP contribution in [0.3, 0.4) is 0 Å². The molecule has 0 heterocycles. The lowest BCUT2D eigenvalue weighted by atomic mass is 9.86. The number of alkyl halides is 2. The number of ether oxygens (including phenoxy) is 1. The van der Waals surface area contributed by atoms with Crippen LogP contribution in [0.15, 0.2) is 24.3 Å². The fourth-order valence-corrected chi connectivity index (χ4v) is 1.30. The number of halogens is 2. The Labute approximate surface area is 116 Å². The molecule has 6 heteroatoms. The molecule has 0 spiro atoms. The minimum Gasteiger partial charge on any atom is -0.435 e. The largest absolute Gasteiger partial charge is 0.435 e. The maximum atomic E-state index is 12.0. The van der Waals surface area contributed by atoms with Crippen LogP contribution >= 0.6 is 0 Å². The summed E-state index contributed by atoms with van der Waals surface area (Å²) in [6.07, 6.45) is 0. The smallest absolute Gasteiger partial charge is 0.387 e. The van der Waals surface area contributed by atoms with Gasteiger partial charge in [-0.25, -0.2) is 0 Å². The average molecular weight is 287 g/mol. The summed E-state index contributed by atoms with van der Waals surface area (Å²) < 4.78 is 28.2. The third-order valence-corrected chi connectivity index (χ3v) is 3.30. The molecular weight excluding hydrogens is 268 g/mol. The number of benzene rings is 1. The zero-order valence-corrected chi connectivity index (χ0v) is 11.9. The molecule has 0 unspecified atom stereocenters. The zero-order chi connectivity index (χ0) is 15.6. The van der Waals surface area contributed by atoms with Crippen molar-refractivity contribution in [2.45, 2.75) is 45.4 Å². The summed E-state index contributed by atoms with van der Waals surface area (Å²) in [5.74, 6) is -0.418. The van der Waals surface area contributed by atoms with Gasteiger partial charge in [-0.05, 0) is 52.0 Å². The van der Waals surface area contributed by atoms with Crippen molar-refractivity contribution in [3.8, 4) is 5.75 Å². The van der Waals surface area contributed by atoms with Crippen LogP contribution in [0.4, 0.5) is 8.78 Å². The average Bonchev–Trinajstić information content (AvgIpc) is 2.26. The highest BCUT2D eigenvalue weighted by Gasteiger charge is 2.36. The zero-order valence-electron chi connectivity index (χ0n) is 11.9. The minimum absolute atomic E-state index is 0.0155. The van der Waals surface area contributed by atoms with Crippen molar-refractivity contribution in [3.63, 3.8) is 0 Å². The molecule has 0 aliphatic carbocycles. The Morgan fingerprint density at radius 1 is 1.20 bits per heavy atom. The molecule has 20 heavy (non-hydrogen) atoms. The molecule has 1 aromatic carbocycles. The highest BCUT2D eigenvalue weighted by molar-refractivity contribution is 5.94. The fourth-order valence-electron chi connectivity index (χ4n) is 1.30. The second kappa shape index (κ2) is 5.75. The lowest BCUT2D eigenvalue weighted by Gasteiger charge is -2.38. The van der Waals surface area contributed by atoms with Crippen molar-refractivity contribution in [2.75, 3.05) is 0 Å². The first kappa shape index (κ1) is 16.4. The Hall–Kier alpha value is -1.69. The Morgan fingerprint density at radius 2 is 1.70 bits per heavy atom. The fraction of sp³-hybridized carbons (Fsp3) is 0.500. The molecular formula is C14H19F2NO3. The molecule has 1 amide bonds. The van der Waals surface area contributed by atoms with Gasteiger partial charge in [-0.15, -0.1) is 0 Å². The van der Waals surface area contributed by atoms with Gasteiger partial charge in [-0.3, -0.25) is 4.79 Å². The van der Waals surface area contributed by atoms with Crippen molar-refractivity contribution >= 4 is 5.91 Å². The molecule has 1 aromatic rings. The van der Waals surface area contributed by atoms with Crippen molar-refractivity contribution in [2.24, 2.45) is 0 Å². The maximum absolute atomic E-state index is 12.0. The van der Waals surface area contributed by atoms with Crippen LogP contribution in [0.25, 0.3) is 0 Å². The van der Waals surface area contributed by atoms with Crippen LogP contribution < -0.4 is 10.1 Å². The molecule has 4 nitrogen and oxygen atoms in total. The number of carbonyl (C=O) groups excluding carboxylic acids is 1. The summed E-state index contributed by atoms with van der Waals surface area (Å²) in [4.78, 5) is 12.0. The molecule has 0 saturated heterocycles. The van der Waals surface area contributed by atoms with E-state index in [1.807, 2.05) is 0 Å². The number of hydrogen-bond acceptors (Lipinski definition) is 3. The number of aliphatic hydroxyl groups is 1. The lowest BCUT2D eigenvalue weighted by Crippen LogP contribution is -2.57. The Kier molecular flexibility index (Phi) is 4.70. The van der Waals surface area contributed by atoms with Crippen LogP contribution in [0, 0.1) is 0 Å². The standard InChI is InChI=1S/C14H19F2NO3/c1-13(2,14(3,4)19)17-11(18)9-5-7-10(8-6-9)20-12(15)16/h5-8,12,19H,1-4H3,(H,17,18). The normalized spacial score (nSPS) is 12.4. The quantitative estimate of drug-likeness (QED) is 0.875. The molecule has 0 aromatic heterocycles. The van der Waals surface area contributed by atoms with Crippen molar-refractivity contribution in [1.29, 1.82) is 0 Å². The summed E-state index contributed by atoms with van der Waals surface area (Å²) >= 11 is 0. The van der Waals surface area contributed by atoms with Crippen molar-refractivity contribution in [1.82, 2.24) is 5.32 Å². The Morgan fingerprint density at radius 3 is 2.10 bits per heavy atom. The molecule has 0 saturated carbocycles. The van der Waals surface area contributed by atoms with Crippen LogP contribution in [0.1, 0.15) is 38.1 Å². The van der Waals surface area contributed by atoms with E-state index >= 15 is 0 Å². The van der Waals surface area contributed by atoms with Crippen LogP contribution in [0.5, 0.6) is 5.75 Å². The van der Waals surface area contributed by atoms with Gasteiger partial charge in [0, 0.05) is 5.56 Å². The first-order valence-corrected chi connectivity index (χ1v) is 6.13. The van der Waals surface area contributed by atoms with E-state index < -0.39 is 23.7 Å². The molecule has 0 radical (unpaired) electrons. The number of nitrogens with one attached hydrogen (secondary N) is 1. The summed E-state index contributed by atoms with van der Waals surface area (Å²) in [5, 5.41) is 12.7. The van der Waals surface area contributed by atoms with Gasteiger partial charge in [0.15, 0.2) is 0 Å². The van der Waals surface area contributed by atoms with E-state index in [9.17, 15) is 18.7 Å².